The van der Waals surface area contributed by atoms with Crippen LogP contribution in [-0.4, -0.2) is 17.6 Å². The molecule has 1 aliphatic rings. The van der Waals surface area contributed by atoms with Crippen LogP contribution < -0.4 is 10.6 Å². The molecule has 0 atom stereocenters. The number of hydrogen-bond acceptors (Lipinski definition) is 3. The summed E-state index contributed by atoms with van der Waals surface area (Å²) in [4.78, 5) is 6.87. The van der Waals surface area contributed by atoms with Gasteiger partial charge < -0.3 is 10.6 Å². The van der Waals surface area contributed by atoms with Gasteiger partial charge in [-0.1, -0.05) is 12.8 Å². The second-order valence-electron chi connectivity index (χ2n) is 4.62. The molecule has 0 radical (unpaired) electrons. The minimum atomic E-state index is 0.681. The number of anilines is 2. The Morgan fingerprint density at radius 3 is 2.69 bits per heavy atom. The minimum Gasteiger partial charge on any atom is -0.397 e. The van der Waals surface area contributed by atoms with Crippen LogP contribution in [0.1, 0.15) is 38.2 Å². The van der Waals surface area contributed by atoms with Crippen molar-refractivity contribution in [2.75, 3.05) is 17.2 Å². The summed E-state index contributed by atoms with van der Waals surface area (Å²) in [7, 11) is 0. The van der Waals surface area contributed by atoms with Crippen molar-refractivity contribution in [3.05, 3.63) is 17.8 Å². The van der Waals surface area contributed by atoms with Crippen LogP contribution in [0.5, 0.6) is 0 Å². The maximum absolute atomic E-state index is 5.80. The zero-order valence-corrected chi connectivity index (χ0v) is 10.2. The molecule has 1 aromatic heterocycles. The normalized spacial score (nSPS) is 16.6. The maximum atomic E-state index is 5.80. The van der Waals surface area contributed by atoms with Gasteiger partial charge in [-0.2, -0.15) is 0 Å². The Bertz CT molecular complexity index is 356. The first-order chi connectivity index (χ1) is 7.72. The standard InChI is InChI=1S/C13H21N3/c1-3-16(11-6-4-5-7-11)13-8-10(2)12(14)9-15-13/h8-9,11H,3-7,14H2,1-2H3. The van der Waals surface area contributed by atoms with Crippen molar-refractivity contribution in [3.8, 4) is 0 Å². The molecule has 1 saturated carbocycles. The molecule has 1 aromatic rings. The van der Waals surface area contributed by atoms with Crippen LogP contribution in [0.4, 0.5) is 11.5 Å². The summed E-state index contributed by atoms with van der Waals surface area (Å²) in [6.07, 6.45) is 7.10. The monoisotopic (exact) mass is 219 g/mol. The van der Waals surface area contributed by atoms with Gasteiger partial charge in [0.25, 0.3) is 0 Å². The number of aromatic nitrogens is 1. The van der Waals surface area contributed by atoms with E-state index in [4.69, 9.17) is 5.73 Å². The Labute approximate surface area is 97.7 Å². The maximum Gasteiger partial charge on any atom is 0.129 e. The molecule has 0 aromatic carbocycles. The average Bonchev–Trinajstić information content (AvgIpc) is 2.78. The van der Waals surface area contributed by atoms with Crippen LogP contribution in [0.15, 0.2) is 12.3 Å². The lowest BCUT2D eigenvalue weighted by atomic mass is 10.2. The van der Waals surface area contributed by atoms with Crippen molar-refractivity contribution in [1.29, 1.82) is 0 Å². The van der Waals surface area contributed by atoms with Crippen LogP contribution in [-0.2, 0) is 0 Å². The van der Waals surface area contributed by atoms with E-state index in [1.165, 1.54) is 25.7 Å². The fourth-order valence-electron chi connectivity index (χ4n) is 2.53. The van der Waals surface area contributed by atoms with Crippen molar-refractivity contribution in [2.45, 2.75) is 45.6 Å². The summed E-state index contributed by atoms with van der Waals surface area (Å²) >= 11 is 0. The third-order valence-corrected chi connectivity index (χ3v) is 3.54. The van der Waals surface area contributed by atoms with Crippen molar-refractivity contribution in [2.24, 2.45) is 0 Å². The summed E-state index contributed by atoms with van der Waals surface area (Å²) < 4.78 is 0. The van der Waals surface area contributed by atoms with Gasteiger partial charge in [0.1, 0.15) is 5.82 Å². The largest absolute Gasteiger partial charge is 0.397 e. The van der Waals surface area contributed by atoms with Crippen molar-refractivity contribution >= 4 is 11.5 Å². The number of aryl methyl sites for hydroxylation is 1. The van der Waals surface area contributed by atoms with Crippen LogP contribution >= 0.6 is 0 Å². The Balaban J connectivity index is 2.22. The number of nitrogens with zero attached hydrogens (tertiary/aromatic N) is 2. The minimum absolute atomic E-state index is 0.681. The lowest BCUT2D eigenvalue weighted by Crippen LogP contribution is -2.33. The first kappa shape index (κ1) is 11.2. The number of pyridine rings is 1. The molecule has 2 rings (SSSR count). The van der Waals surface area contributed by atoms with Gasteiger partial charge in [0, 0.05) is 12.6 Å². The topological polar surface area (TPSA) is 42.1 Å². The van der Waals surface area contributed by atoms with Crippen LogP contribution in [0.3, 0.4) is 0 Å². The molecule has 1 aliphatic carbocycles. The Hall–Kier alpha value is -1.25. The summed E-state index contributed by atoms with van der Waals surface area (Å²) in [6, 6.07) is 2.79. The zero-order chi connectivity index (χ0) is 11.5. The van der Waals surface area contributed by atoms with Crippen molar-refractivity contribution in [1.82, 2.24) is 4.98 Å². The van der Waals surface area contributed by atoms with Gasteiger partial charge in [-0.3, -0.25) is 0 Å². The van der Waals surface area contributed by atoms with E-state index in [9.17, 15) is 0 Å². The molecule has 0 amide bonds. The molecule has 88 valence electrons. The summed E-state index contributed by atoms with van der Waals surface area (Å²) in [5, 5.41) is 0. The Morgan fingerprint density at radius 2 is 2.12 bits per heavy atom. The fraction of sp³-hybridized carbons (Fsp3) is 0.615. The summed E-state index contributed by atoms with van der Waals surface area (Å²) in [5.41, 5.74) is 7.71. The molecular formula is C13H21N3. The van der Waals surface area contributed by atoms with E-state index in [2.05, 4.69) is 22.9 Å². The quantitative estimate of drug-likeness (QED) is 0.850. The summed E-state index contributed by atoms with van der Waals surface area (Å²) in [5.74, 6) is 1.08. The van der Waals surface area contributed by atoms with Gasteiger partial charge in [0.2, 0.25) is 0 Å². The van der Waals surface area contributed by atoms with E-state index in [-0.39, 0.29) is 0 Å². The first-order valence-corrected chi connectivity index (χ1v) is 6.21. The Morgan fingerprint density at radius 1 is 1.44 bits per heavy atom. The van der Waals surface area contributed by atoms with Gasteiger partial charge in [-0.05, 0) is 38.3 Å². The molecule has 0 spiro atoms. The second kappa shape index (κ2) is 4.73. The highest BCUT2D eigenvalue weighted by Crippen LogP contribution is 2.27. The molecule has 3 nitrogen and oxygen atoms in total. The van der Waals surface area contributed by atoms with E-state index < -0.39 is 0 Å². The smallest absolute Gasteiger partial charge is 0.129 e. The molecular weight excluding hydrogens is 198 g/mol. The lowest BCUT2D eigenvalue weighted by Gasteiger charge is -2.29. The van der Waals surface area contributed by atoms with Gasteiger partial charge in [-0.15, -0.1) is 0 Å². The molecule has 2 N–H and O–H groups in total. The molecule has 1 heterocycles. The Kier molecular flexibility index (Phi) is 3.32. The highest BCUT2D eigenvalue weighted by atomic mass is 15.2. The molecule has 0 bridgehead atoms. The average molecular weight is 219 g/mol. The van der Waals surface area contributed by atoms with Crippen LogP contribution in [0.25, 0.3) is 0 Å². The highest BCUT2D eigenvalue weighted by Gasteiger charge is 2.22. The number of rotatable bonds is 3. The molecule has 0 unspecified atom stereocenters. The predicted octanol–water partition coefficient (Wildman–Crippen LogP) is 2.74. The first-order valence-electron chi connectivity index (χ1n) is 6.21. The molecule has 1 fully saturated rings. The third-order valence-electron chi connectivity index (χ3n) is 3.54. The molecule has 16 heavy (non-hydrogen) atoms. The number of hydrogen-bond donors (Lipinski definition) is 1. The van der Waals surface area contributed by atoms with E-state index in [0.29, 0.717) is 6.04 Å². The molecule has 3 heteroatoms. The summed E-state index contributed by atoms with van der Waals surface area (Å²) in [6.45, 7) is 5.27. The fourth-order valence-corrected chi connectivity index (χ4v) is 2.53. The molecule has 0 saturated heterocycles. The predicted molar refractivity (Wildman–Crippen MR) is 68.7 cm³/mol. The van der Waals surface area contributed by atoms with Crippen molar-refractivity contribution in [3.63, 3.8) is 0 Å². The lowest BCUT2D eigenvalue weighted by molar-refractivity contribution is 0.613. The SMILES string of the molecule is CCN(c1cc(C)c(N)cn1)C1CCCC1. The second-order valence-corrected chi connectivity index (χ2v) is 4.62. The number of nitrogens with two attached hydrogens (primary N) is 1. The zero-order valence-electron chi connectivity index (χ0n) is 10.2. The van der Waals surface area contributed by atoms with E-state index in [0.717, 1.165) is 23.6 Å². The van der Waals surface area contributed by atoms with Gasteiger partial charge in [0.05, 0.1) is 11.9 Å². The molecule has 0 aliphatic heterocycles. The van der Waals surface area contributed by atoms with E-state index >= 15 is 0 Å². The van der Waals surface area contributed by atoms with Crippen molar-refractivity contribution < 1.29 is 0 Å². The highest BCUT2D eigenvalue weighted by molar-refractivity contribution is 5.52. The number of nitrogen functional groups attached to an aromatic ring is 1. The van der Waals surface area contributed by atoms with Gasteiger partial charge in [-0.25, -0.2) is 4.98 Å². The van der Waals surface area contributed by atoms with E-state index in [1.807, 2.05) is 6.92 Å². The van der Waals surface area contributed by atoms with Crippen LogP contribution in [0, 0.1) is 6.92 Å². The van der Waals surface area contributed by atoms with Gasteiger partial charge >= 0.3 is 0 Å². The third kappa shape index (κ3) is 2.13. The van der Waals surface area contributed by atoms with E-state index in [1.54, 1.807) is 6.20 Å². The van der Waals surface area contributed by atoms with Gasteiger partial charge in [0.15, 0.2) is 0 Å². The van der Waals surface area contributed by atoms with Crippen LogP contribution in [0.2, 0.25) is 0 Å².